The Hall–Kier alpha value is -3.05. The van der Waals surface area contributed by atoms with Crippen molar-refractivity contribution in [3.8, 4) is 11.5 Å². The molecule has 5 heteroatoms. The Morgan fingerprint density at radius 3 is 2.74 bits per heavy atom. The van der Waals surface area contributed by atoms with Crippen molar-refractivity contribution in [2.45, 2.75) is 31.7 Å². The fraction of sp³-hybridized carbons (Fsp3) is 0.276. The van der Waals surface area contributed by atoms with Gasteiger partial charge in [-0.1, -0.05) is 49.4 Å². The molecule has 0 spiro atoms. The zero-order valence-corrected chi connectivity index (χ0v) is 21.1. The van der Waals surface area contributed by atoms with Gasteiger partial charge < -0.3 is 14.8 Å². The van der Waals surface area contributed by atoms with E-state index < -0.39 is 0 Å². The quantitative estimate of drug-likeness (QED) is 0.257. The number of nitrogens with one attached hydrogen (secondary N) is 1. The maximum atomic E-state index is 5.82. The number of halogens is 1. The lowest BCUT2D eigenvalue weighted by Crippen LogP contribution is -2.28. The van der Waals surface area contributed by atoms with Gasteiger partial charge in [0.25, 0.3) is 0 Å². The first-order chi connectivity index (χ1) is 16.7. The van der Waals surface area contributed by atoms with Crippen molar-refractivity contribution in [2.24, 2.45) is 10.9 Å². The summed E-state index contributed by atoms with van der Waals surface area (Å²) in [6.07, 6.45) is 8.61. The summed E-state index contributed by atoms with van der Waals surface area (Å²) >= 11 is 3.60. The second-order valence-electron chi connectivity index (χ2n) is 8.80. The van der Waals surface area contributed by atoms with Crippen LogP contribution in [0.5, 0.6) is 11.5 Å². The van der Waals surface area contributed by atoms with Crippen LogP contribution in [-0.4, -0.2) is 19.9 Å². The number of anilines is 1. The summed E-state index contributed by atoms with van der Waals surface area (Å²) in [6, 6.07) is 21.5. The third-order valence-corrected chi connectivity index (χ3v) is 7.18. The van der Waals surface area contributed by atoms with E-state index in [9.17, 15) is 0 Å². The molecule has 0 saturated carbocycles. The minimum atomic E-state index is 0.295. The predicted molar refractivity (Wildman–Crippen MR) is 143 cm³/mol. The van der Waals surface area contributed by atoms with Crippen molar-refractivity contribution in [2.75, 3.05) is 19.0 Å². The van der Waals surface area contributed by atoms with Crippen LogP contribution >= 0.6 is 15.9 Å². The number of ether oxygens (including phenoxy) is 2. The van der Waals surface area contributed by atoms with Crippen LogP contribution in [0.15, 0.2) is 82.3 Å². The monoisotopic (exact) mass is 516 g/mol. The first-order valence-corrected chi connectivity index (χ1v) is 12.6. The molecular weight excluding hydrogens is 488 g/mol. The number of fused-ring (bicyclic) bond motifs is 3. The molecule has 1 N–H and O–H groups in total. The van der Waals surface area contributed by atoms with E-state index in [4.69, 9.17) is 14.5 Å². The maximum absolute atomic E-state index is 5.82. The van der Waals surface area contributed by atoms with Crippen molar-refractivity contribution in [3.05, 3.63) is 94.0 Å². The van der Waals surface area contributed by atoms with Crippen molar-refractivity contribution in [3.63, 3.8) is 0 Å². The zero-order chi connectivity index (χ0) is 23.5. The summed E-state index contributed by atoms with van der Waals surface area (Å²) in [6.45, 7) is 2.73. The van der Waals surface area contributed by atoms with Gasteiger partial charge in [0.2, 0.25) is 0 Å². The fourth-order valence-corrected chi connectivity index (χ4v) is 5.52. The summed E-state index contributed by atoms with van der Waals surface area (Å²) in [5, 5.41) is 3.79. The average Bonchev–Trinajstić information content (AvgIpc) is 3.37. The van der Waals surface area contributed by atoms with Gasteiger partial charge in [0, 0.05) is 17.8 Å². The van der Waals surface area contributed by atoms with Gasteiger partial charge in [-0.3, -0.25) is 4.99 Å². The summed E-state index contributed by atoms with van der Waals surface area (Å²) in [5.74, 6) is 2.45. The smallest absolute Gasteiger partial charge is 0.175 e. The fourth-order valence-electron chi connectivity index (χ4n) is 4.95. The van der Waals surface area contributed by atoms with E-state index in [0.717, 1.165) is 34.3 Å². The number of nitrogens with zero attached hydrogens (tertiary/aromatic N) is 1. The summed E-state index contributed by atoms with van der Waals surface area (Å²) < 4.78 is 12.2. The van der Waals surface area contributed by atoms with Crippen molar-refractivity contribution >= 4 is 33.5 Å². The Kier molecular flexibility index (Phi) is 6.73. The van der Waals surface area contributed by atoms with E-state index in [-0.39, 0.29) is 0 Å². The molecule has 1 aliphatic heterocycles. The van der Waals surface area contributed by atoms with Crippen LogP contribution in [0.3, 0.4) is 0 Å². The Morgan fingerprint density at radius 1 is 1.12 bits per heavy atom. The van der Waals surface area contributed by atoms with E-state index >= 15 is 0 Å². The maximum Gasteiger partial charge on any atom is 0.175 e. The first kappa shape index (κ1) is 22.7. The molecule has 0 unspecified atom stereocenters. The van der Waals surface area contributed by atoms with Crippen LogP contribution in [0, 0.1) is 5.92 Å². The van der Waals surface area contributed by atoms with E-state index in [1.807, 2.05) is 18.3 Å². The molecule has 0 saturated heterocycles. The van der Waals surface area contributed by atoms with E-state index in [1.165, 1.54) is 16.8 Å². The SMILES string of the molecule is CCCOc1c(Br)cc(C=Nc2ccc([C@@H]3Nc4ccccc4[C@H]4C=CC[C@H]43)cc2)cc1OC. The third kappa shape index (κ3) is 4.49. The number of hydrogen-bond donors (Lipinski definition) is 1. The molecule has 174 valence electrons. The second-order valence-corrected chi connectivity index (χ2v) is 9.65. The Bertz CT molecular complexity index is 1220. The molecule has 2 aliphatic rings. The van der Waals surface area contributed by atoms with Gasteiger partial charge >= 0.3 is 0 Å². The number of methoxy groups -OCH3 is 1. The molecule has 5 rings (SSSR count). The average molecular weight is 517 g/mol. The molecule has 0 fully saturated rings. The van der Waals surface area contributed by atoms with E-state index in [0.29, 0.717) is 30.2 Å². The largest absolute Gasteiger partial charge is 0.493 e. The van der Waals surface area contributed by atoms with Crippen LogP contribution in [-0.2, 0) is 0 Å². The Labute approximate surface area is 209 Å². The Balaban J connectivity index is 1.34. The lowest BCUT2D eigenvalue weighted by Gasteiger charge is -2.37. The molecule has 0 aromatic heterocycles. The molecule has 3 aromatic carbocycles. The third-order valence-electron chi connectivity index (χ3n) is 6.59. The van der Waals surface area contributed by atoms with Crippen LogP contribution < -0.4 is 14.8 Å². The molecule has 0 radical (unpaired) electrons. The number of rotatable bonds is 7. The van der Waals surface area contributed by atoms with Crippen molar-refractivity contribution < 1.29 is 9.47 Å². The zero-order valence-electron chi connectivity index (χ0n) is 19.5. The Morgan fingerprint density at radius 2 is 1.94 bits per heavy atom. The molecule has 0 bridgehead atoms. The molecule has 3 aromatic rings. The predicted octanol–water partition coefficient (Wildman–Crippen LogP) is 7.82. The van der Waals surface area contributed by atoms with E-state index in [2.05, 4.69) is 88.9 Å². The highest BCUT2D eigenvalue weighted by Crippen LogP contribution is 2.49. The van der Waals surface area contributed by atoms with Crippen molar-refractivity contribution in [1.29, 1.82) is 0 Å². The number of allylic oxidation sites excluding steroid dienone is 2. The molecule has 3 atom stereocenters. The summed E-state index contributed by atoms with van der Waals surface area (Å²) in [5.41, 5.74) is 5.82. The molecule has 4 nitrogen and oxygen atoms in total. The minimum Gasteiger partial charge on any atom is -0.493 e. The number of hydrogen-bond acceptors (Lipinski definition) is 4. The first-order valence-electron chi connectivity index (χ1n) is 11.8. The highest BCUT2D eigenvalue weighted by atomic mass is 79.9. The normalized spacial score (nSPS) is 20.6. The summed E-state index contributed by atoms with van der Waals surface area (Å²) in [7, 11) is 1.66. The van der Waals surface area contributed by atoms with Gasteiger partial charge in [-0.05, 0) is 81.7 Å². The number of benzene rings is 3. The highest BCUT2D eigenvalue weighted by molar-refractivity contribution is 9.10. The molecule has 0 amide bonds. The van der Waals surface area contributed by atoms with Gasteiger partial charge in [0.05, 0.1) is 29.9 Å². The van der Waals surface area contributed by atoms with Crippen molar-refractivity contribution in [1.82, 2.24) is 0 Å². The van der Waals surface area contributed by atoms with Gasteiger partial charge in [-0.15, -0.1) is 0 Å². The second kappa shape index (κ2) is 10.1. The minimum absolute atomic E-state index is 0.295. The lowest BCUT2D eigenvalue weighted by molar-refractivity contribution is 0.292. The van der Waals surface area contributed by atoms with Crippen LogP contribution in [0.25, 0.3) is 0 Å². The molecular formula is C29H29BrN2O2. The molecule has 1 aliphatic carbocycles. The van der Waals surface area contributed by atoms with Gasteiger partial charge in [-0.2, -0.15) is 0 Å². The molecule has 1 heterocycles. The van der Waals surface area contributed by atoms with Crippen LogP contribution in [0.1, 0.15) is 48.4 Å². The van der Waals surface area contributed by atoms with Crippen LogP contribution in [0.4, 0.5) is 11.4 Å². The number of para-hydroxylation sites is 1. The van der Waals surface area contributed by atoms with E-state index in [1.54, 1.807) is 7.11 Å². The lowest BCUT2D eigenvalue weighted by atomic mass is 9.77. The van der Waals surface area contributed by atoms with Gasteiger partial charge in [-0.25, -0.2) is 0 Å². The molecule has 34 heavy (non-hydrogen) atoms. The number of aliphatic imine (C=N–C) groups is 1. The summed E-state index contributed by atoms with van der Waals surface area (Å²) in [4.78, 5) is 4.70. The topological polar surface area (TPSA) is 42.8 Å². The van der Waals surface area contributed by atoms with Crippen LogP contribution in [0.2, 0.25) is 0 Å². The van der Waals surface area contributed by atoms with Gasteiger partial charge in [0.15, 0.2) is 11.5 Å². The van der Waals surface area contributed by atoms with Gasteiger partial charge in [0.1, 0.15) is 0 Å². The standard InChI is InChI=1S/C29H29BrN2O2/c1-3-15-34-29-25(30)16-19(17-27(29)33-2)18-31-21-13-11-20(12-14-21)28-24-9-6-8-22(24)23-7-4-5-10-26(23)32-28/h4-8,10-14,16-18,22,24,28,32H,3,9,15H2,1-2H3/t22-,24-,28+/m1/s1. The highest BCUT2D eigenvalue weighted by Gasteiger charge is 2.37.